The Labute approximate surface area is 143 Å². The molecule has 0 radical (unpaired) electrons. The molecule has 0 aromatic heterocycles. The normalized spacial score (nSPS) is 11.3. The first-order valence-corrected chi connectivity index (χ1v) is 8.51. The van der Waals surface area contributed by atoms with Gasteiger partial charge < -0.3 is 15.4 Å². The van der Waals surface area contributed by atoms with E-state index in [1.54, 1.807) is 18.2 Å². The molecule has 0 fully saturated rings. The fraction of sp³-hybridized carbons (Fsp3) is 0.588. The Kier molecular flexibility index (Phi) is 10.2. The third-order valence-corrected chi connectivity index (χ3v) is 3.34. The number of nitro benzene ring substituents is 1. The number of unbranched alkanes of at least 4 members (excludes halogenated alkanes) is 1. The van der Waals surface area contributed by atoms with Crippen molar-refractivity contribution in [2.24, 2.45) is 4.99 Å². The van der Waals surface area contributed by atoms with Crippen LogP contribution < -0.4 is 10.6 Å². The molecule has 0 aliphatic rings. The molecular weight excluding hydrogens is 308 g/mol. The summed E-state index contributed by atoms with van der Waals surface area (Å²) in [7, 11) is 0. The van der Waals surface area contributed by atoms with Crippen molar-refractivity contribution in [3.63, 3.8) is 0 Å². The Hall–Kier alpha value is -2.15. The first-order valence-electron chi connectivity index (χ1n) is 8.51. The van der Waals surface area contributed by atoms with Gasteiger partial charge in [0.05, 0.1) is 17.0 Å². The summed E-state index contributed by atoms with van der Waals surface area (Å²) in [6.45, 7) is 7.39. The van der Waals surface area contributed by atoms with Crippen LogP contribution in [0.3, 0.4) is 0 Å². The molecule has 0 aliphatic heterocycles. The lowest BCUT2D eigenvalue weighted by Gasteiger charge is -2.11. The summed E-state index contributed by atoms with van der Waals surface area (Å²) in [6.07, 6.45) is 3.12. The van der Waals surface area contributed by atoms with Crippen molar-refractivity contribution in [1.82, 2.24) is 10.6 Å². The van der Waals surface area contributed by atoms with E-state index in [1.165, 1.54) is 6.07 Å². The molecule has 1 aromatic rings. The van der Waals surface area contributed by atoms with Crippen molar-refractivity contribution in [2.45, 2.75) is 39.7 Å². The highest BCUT2D eigenvalue weighted by Gasteiger charge is 2.11. The number of hydrogen-bond donors (Lipinski definition) is 2. The van der Waals surface area contributed by atoms with Gasteiger partial charge in [0, 0.05) is 32.4 Å². The minimum Gasteiger partial charge on any atom is -0.381 e. The summed E-state index contributed by atoms with van der Waals surface area (Å²) in [5, 5.41) is 17.4. The molecule has 0 unspecified atom stereocenters. The zero-order valence-electron chi connectivity index (χ0n) is 14.6. The molecule has 0 aliphatic carbocycles. The molecule has 0 saturated heterocycles. The quantitative estimate of drug-likeness (QED) is 0.213. The number of hydrogen-bond acceptors (Lipinski definition) is 4. The number of benzene rings is 1. The Bertz CT molecular complexity index is 520. The highest BCUT2D eigenvalue weighted by molar-refractivity contribution is 5.79. The molecule has 1 aromatic carbocycles. The molecule has 0 amide bonds. The van der Waals surface area contributed by atoms with Crippen molar-refractivity contribution in [3.8, 4) is 0 Å². The Morgan fingerprint density at radius 1 is 1.21 bits per heavy atom. The lowest BCUT2D eigenvalue weighted by molar-refractivity contribution is -0.385. The van der Waals surface area contributed by atoms with Crippen LogP contribution in [0.5, 0.6) is 0 Å². The zero-order valence-corrected chi connectivity index (χ0v) is 14.6. The van der Waals surface area contributed by atoms with Gasteiger partial charge >= 0.3 is 0 Å². The lowest BCUT2D eigenvalue weighted by atomic mass is 10.2. The van der Waals surface area contributed by atoms with Crippen LogP contribution in [-0.4, -0.2) is 37.2 Å². The summed E-state index contributed by atoms with van der Waals surface area (Å²) in [5.41, 5.74) is 0.698. The number of nitrogens with zero attached hydrogens (tertiary/aromatic N) is 2. The number of guanidine groups is 1. The number of para-hydroxylation sites is 1. The smallest absolute Gasteiger partial charge is 0.274 e. The van der Waals surface area contributed by atoms with Gasteiger partial charge in [-0.05, 0) is 19.8 Å². The molecule has 0 saturated carbocycles. The maximum absolute atomic E-state index is 11.0. The van der Waals surface area contributed by atoms with Crippen LogP contribution in [0.25, 0.3) is 0 Å². The Morgan fingerprint density at radius 3 is 2.67 bits per heavy atom. The molecule has 7 nitrogen and oxygen atoms in total. The summed E-state index contributed by atoms with van der Waals surface area (Å²) < 4.78 is 5.51. The number of nitrogens with one attached hydrogen (secondary N) is 2. The van der Waals surface area contributed by atoms with Crippen molar-refractivity contribution in [2.75, 3.05) is 26.3 Å². The van der Waals surface area contributed by atoms with Gasteiger partial charge in [-0.1, -0.05) is 31.5 Å². The van der Waals surface area contributed by atoms with Crippen LogP contribution in [0, 0.1) is 10.1 Å². The standard InChI is InChI=1S/C17H28N4O3/c1-3-5-12-24-13-8-11-19-17(18-4-2)20-14-15-9-6-7-10-16(15)21(22)23/h6-7,9-10H,3-5,8,11-14H2,1-2H3,(H2,18,19,20). The fourth-order valence-corrected chi connectivity index (χ4v) is 2.06. The number of ether oxygens (including phenoxy) is 1. The third-order valence-electron chi connectivity index (χ3n) is 3.34. The van der Waals surface area contributed by atoms with Gasteiger partial charge in [-0.3, -0.25) is 10.1 Å². The highest BCUT2D eigenvalue weighted by atomic mass is 16.6. The largest absolute Gasteiger partial charge is 0.381 e. The molecule has 0 spiro atoms. The maximum Gasteiger partial charge on any atom is 0.274 e. The van der Waals surface area contributed by atoms with Crippen LogP contribution in [0.2, 0.25) is 0 Å². The van der Waals surface area contributed by atoms with Gasteiger partial charge in [-0.2, -0.15) is 0 Å². The predicted octanol–water partition coefficient (Wildman–Crippen LogP) is 2.86. The fourth-order valence-electron chi connectivity index (χ4n) is 2.06. The van der Waals surface area contributed by atoms with Crippen LogP contribution >= 0.6 is 0 Å². The van der Waals surface area contributed by atoms with Gasteiger partial charge in [-0.15, -0.1) is 0 Å². The second-order valence-corrected chi connectivity index (χ2v) is 5.33. The van der Waals surface area contributed by atoms with E-state index in [4.69, 9.17) is 4.74 Å². The van der Waals surface area contributed by atoms with E-state index in [0.717, 1.165) is 45.6 Å². The average Bonchev–Trinajstić information content (AvgIpc) is 2.59. The van der Waals surface area contributed by atoms with Gasteiger partial charge in [-0.25, -0.2) is 4.99 Å². The van der Waals surface area contributed by atoms with Crippen molar-refractivity contribution < 1.29 is 9.66 Å². The predicted molar refractivity (Wildman–Crippen MR) is 96.3 cm³/mol. The van der Waals surface area contributed by atoms with Crippen LogP contribution in [0.1, 0.15) is 38.7 Å². The van der Waals surface area contributed by atoms with Crippen LogP contribution in [0.4, 0.5) is 5.69 Å². The number of nitro groups is 1. The second kappa shape index (κ2) is 12.3. The van der Waals surface area contributed by atoms with E-state index >= 15 is 0 Å². The number of aliphatic imine (C=N–C) groups is 1. The topological polar surface area (TPSA) is 88.8 Å². The van der Waals surface area contributed by atoms with Gasteiger partial charge in [0.25, 0.3) is 5.69 Å². The summed E-state index contributed by atoms with van der Waals surface area (Å²) >= 11 is 0. The van der Waals surface area contributed by atoms with E-state index in [1.807, 2.05) is 6.92 Å². The zero-order chi connectivity index (χ0) is 17.6. The van der Waals surface area contributed by atoms with Crippen LogP contribution in [0.15, 0.2) is 29.3 Å². The molecule has 1 rings (SSSR count). The first-order chi connectivity index (χ1) is 11.7. The van der Waals surface area contributed by atoms with Crippen molar-refractivity contribution in [1.29, 1.82) is 0 Å². The Balaban J connectivity index is 2.47. The monoisotopic (exact) mass is 336 g/mol. The average molecular weight is 336 g/mol. The maximum atomic E-state index is 11.0. The first kappa shape index (κ1) is 19.9. The molecule has 24 heavy (non-hydrogen) atoms. The van der Waals surface area contributed by atoms with Gasteiger partial charge in [0.1, 0.15) is 0 Å². The lowest BCUT2D eigenvalue weighted by Crippen LogP contribution is -2.38. The van der Waals surface area contributed by atoms with E-state index in [-0.39, 0.29) is 17.2 Å². The summed E-state index contributed by atoms with van der Waals surface area (Å²) in [6, 6.07) is 6.67. The van der Waals surface area contributed by atoms with E-state index in [9.17, 15) is 10.1 Å². The van der Waals surface area contributed by atoms with E-state index in [0.29, 0.717) is 11.5 Å². The molecule has 2 N–H and O–H groups in total. The number of rotatable bonds is 11. The van der Waals surface area contributed by atoms with E-state index < -0.39 is 0 Å². The second-order valence-electron chi connectivity index (χ2n) is 5.33. The SMILES string of the molecule is CCCCOCCCNC(=NCc1ccccc1[N+](=O)[O-])NCC. The summed E-state index contributed by atoms with van der Waals surface area (Å²) in [5.74, 6) is 0.657. The van der Waals surface area contributed by atoms with Gasteiger partial charge in [0.15, 0.2) is 5.96 Å². The van der Waals surface area contributed by atoms with Crippen LogP contribution in [-0.2, 0) is 11.3 Å². The minimum absolute atomic E-state index is 0.0985. The molecule has 0 atom stereocenters. The molecule has 0 bridgehead atoms. The summed E-state index contributed by atoms with van der Waals surface area (Å²) in [4.78, 5) is 15.1. The molecule has 134 valence electrons. The highest BCUT2D eigenvalue weighted by Crippen LogP contribution is 2.18. The molecular formula is C17H28N4O3. The van der Waals surface area contributed by atoms with E-state index in [2.05, 4.69) is 22.5 Å². The molecule has 7 heteroatoms. The van der Waals surface area contributed by atoms with Crippen molar-refractivity contribution in [3.05, 3.63) is 39.9 Å². The van der Waals surface area contributed by atoms with Gasteiger partial charge in [0.2, 0.25) is 0 Å². The Morgan fingerprint density at radius 2 is 1.96 bits per heavy atom. The minimum atomic E-state index is -0.376. The van der Waals surface area contributed by atoms with Crippen molar-refractivity contribution >= 4 is 11.6 Å². The molecule has 0 heterocycles. The third kappa shape index (κ3) is 7.92.